The maximum atomic E-state index is 13.2. The van der Waals surface area contributed by atoms with Crippen molar-refractivity contribution < 1.29 is 18.7 Å². The van der Waals surface area contributed by atoms with Gasteiger partial charge in [-0.2, -0.15) is 0 Å². The zero-order valence-electron chi connectivity index (χ0n) is 8.63. The van der Waals surface area contributed by atoms with E-state index >= 15 is 0 Å². The van der Waals surface area contributed by atoms with Crippen LogP contribution in [-0.2, 0) is 10.2 Å². The molecule has 86 valence electrons. The summed E-state index contributed by atoms with van der Waals surface area (Å²) >= 11 is 0. The van der Waals surface area contributed by atoms with Gasteiger partial charge in [0.2, 0.25) is 0 Å². The maximum Gasteiger partial charge on any atom is 0.314 e. The minimum absolute atomic E-state index is 0.0463. The summed E-state index contributed by atoms with van der Waals surface area (Å²) in [5.41, 5.74) is 4.03. The van der Waals surface area contributed by atoms with Gasteiger partial charge < -0.3 is 10.8 Å². The van der Waals surface area contributed by atoms with Gasteiger partial charge in [0.1, 0.15) is 11.6 Å². The lowest BCUT2D eigenvalue weighted by molar-refractivity contribution is -0.140. The number of nitrogen functional groups attached to an aromatic ring is 1. The van der Waals surface area contributed by atoms with Crippen LogP contribution in [-0.4, -0.2) is 11.1 Å². The lowest BCUT2D eigenvalue weighted by atomic mass is 9.92. The fraction of sp³-hybridized carbons (Fsp3) is 0.364. The maximum absolute atomic E-state index is 13.2. The molecule has 0 spiro atoms. The minimum Gasteiger partial charge on any atom is -0.481 e. The molecule has 1 aromatic carbocycles. The molecule has 0 bridgehead atoms. The van der Waals surface area contributed by atoms with Gasteiger partial charge in [-0.25, -0.2) is 8.78 Å². The number of halogens is 2. The Morgan fingerprint density at radius 3 is 2.56 bits per heavy atom. The highest BCUT2D eigenvalue weighted by Crippen LogP contribution is 2.56. The van der Waals surface area contributed by atoms with E-state index in [-0.39, 0.29) is 17.2 Å². The summed E-state index contributed by atoms with van der Waals surface area (Å²) in [4.78, 5) is 11.2. The Bertz CT molecular complexity index is 475. The van der Waals surface area contributed by atoms with E-state index in [1.807, 2.05) is 0 Å². The van der Waals surface area contributed by atoms with Gasteiger partial charge in [0.25, 0.3) is 0 Å². The highest BCUT2D eigenvalue weighted by atomic mass is 19.1. The fourth-order valence-corrected chi connectivity index (χ4v) is 2.17. The molecule has 1 aromatic rings. The van der Waals surface area contributed by atoms with Gasteiger partial charge in [0, 0.05) is 6.07 Å². The van der Waals surface area contributed by atoms with Gasteiger partial charge >= 0.3 is 5.97 Å². The van der Waals surface area contributed by atoms with Crippen LogP contribution < -0.4 is 5.73 Å². The summed E-state index contributed by atoms with van der Waals surface area (Å²) < 4.78 is 26.3. The third-order valence-electron chi connectivity index (χ3n) is 3.27. The molecule has 3 nitrogen and oxygen atoms in total. The summed E-state index contributed by atoms with van der Waals surface area (Å²) in [6.07, 6.45) is 0.357. The average Bonchev–Trinajstić information content (AvgIpc) is 2.85. The van der Waals surface area contributed by atoms with Gasteiger partial charge in [0.05, 0.1) is 11.1 Å². The van der Waals surface area contributed by atoms with Crippen molar-refractivity contribution in [1.82, 2.24) is 0 Å². The van der Waals surface area contributed by atoms with Crippen LogP contribution >= 0.6 is 0 Å². The fourth-order valence-electron chi connectivity index (χ4n) is 2.17. The van der Waals surface area contributed by atoms with E-state index < -0.39 is 23.0 Å². The number of anilines is 1. The number of hydrogen-bond donors (Lipinski definition) is 2. The van der Waals surface area contributed by atoms with Crippen molar-refractivity contribution in [3.05, 3.63) is 29.3 Å². The molecule has 1 aliphatic rings. The second-order valence-corrected chi connectivity index (χ2v) is 4.23. The van der Waals surface area contributed by atoms with Crippen molar-refractivity contribution in [2.45, 2.75) is 18.8 Å². The lowest BCUT2D eigenvalue weighted by Gasteiger charge is -2.15. The molecular weight excluding hydrogens is 216 g/mol. The van der Waals surface area contributed by atoms with Crippen molar-refractivity contribution in [3.63, 3.8) is 0 Å². The molecule has 16 heavy (non-hydrogen) atoms. The molecule has 2 rings (SSSR count). The van der Waals surface area contributed by atoms with Crippen LogP contribution in [0.2, 0.25) is 0 Å². The minimum atomic E-state index is -1.22. The van der Waals surface area contributed by atoms with Crippen LogP contribution in [0.5, 0.6) is 0 Å². The van der Waals surface area contributed by atoms with E-state index in [0.29, 0.717) is 12.5 Å². The lowest BCUT2D eigenvalue weighted by Crippen LogP contribution is -2.24. The quantitative estimate of drug-likeness (QED) is 0.758. The monoisotopic (exact) mass is 227 g/mol. The Morgan fingerprint density at radius 1 is 1.56 bits per heavy atom. The number of carbonyl (C=O) groups is 1. The van der Waals surface area contributed by atoms with Crippen LogP contribution in [0, 0.1) is 17.6 Å². The van der Waals surface area contributed by atoms with Gasteiger partial charge in [-0.15, -0.1) is 0 Å². The Morgan fingerprint density at radius 2 is 2.12 bits per heavy atom. The smallest absolute Gasteiger partial charge is 0.314 e. The Balaban J connectivity index is 2.61. The molecule has 5 heteroatoms. The average molecular weight is 227 g/mol. The van der Waals surface area contributed by atoms with Crippen LogP contribution in [0.25, 0.3) is 0 Å². The Kier molecular flexibility index (Phi) is 2.15. The van der Waals surface area contributed by atoms with Gasteiger partial charge in [0.15, 0.2) is 0 Å². The van der Waals surface area contributed by atoms with E-state index in [1.165, 1.54) is 0 Å². The predicted octanol–water partition coefficient (Wildman–Crippen LogP) is 1.91. The summed E-state index contributed by atoms with van der Waals surface area (Å²) in [7, 11) is 0. The first kappa shape index (κ1) is 10.9. The van der Waals surface area contributed by atoms with E-state index in [1.54, 1.807) is 6.92 Å². The third kappa shape index (κ3) is 1.27. The zero-order chi connectivity index (χ0) is 12.1. The molecule has 0 aliphatic heterocycles. The predicted molar refractivity (Wildman–Crippen MR) is 53.9 cm³/mol. The largest absolute Gasteiger partial charge is 0.481 e. The number of rotatable bonds is 2. The van der Waals surface area contributed by atoms with Gasteiger partial charge in [-0.05, 0) is 24.0 Å². The first-order chi connectivity index (χ1) is 7.39. The first-order valence-electron chi connectivity index (χ1n) is 4.88. The van der Waals surface area contributed by atoms with E-state index in [4.69, 9.17) is 10.8 Å². The molecule has 0 radical (unpaired) electrons. The highest BCUT2D eigenvalue weighted by molar-refractivity contribution is 5.88. The Labute approximate surface area is 90.9 Å². The van der Waals surface area contributed by atoms with Crippen LogP contribution in [0.4, 0.5) is 14.5 Å². The van der Waals surface area contributed by atoms with Crippen molar-refractivity contribution in [2.75, 3.05) is 5.73 Å². The molecule has 0 saturated heterocycles. The second kappa shape index (κ2) is 3.17. The number of carboxylic acid groups (broad SMARTS) is 1. The zero-order valence-corrected chi connectivity index (χ0v) is 8.63. The number of nitrogens with two attached hydrogens (primary N) is 1. The molecule has 1 fully saturated rings. The SMILES string of the molecule is CC1CC1(C(=O)O)c1cc(F)cc(F)c1N. The van der Waals surface area contributed by atoms with Gasteiger partial charge in [-0.1, -0.05) is 6.92 Å². The number of hydrogen-bond acceptors (Lipinski definition) is 2. The molecule has 0 aromatic heterocycles. The topological polar surface area (TPSA) is 63.3 Å². The van der Waals surface area contributed by atoms with Crippen molar-refractivity contribution in [2.24, 2.45) is 5.92 Å². The van der Waals surface area contributed by atoms with Crippen LogP contribution in [0.3, 0.4) is 0 Å². The number of benzene rings is 1. The summed E-state index contributed by atoms with van der Waals surface area (Å²) in [6, 6.07) is 1.66. The van der Waals surface area contributed by atoms with Gasteiger partial charge in [-0.3, -0.25) is 4.79 Å². The van der Waals surface area contributed by atoms with Crippen molar-refractivity contribution in [3.8, 4) is 0 Å². The number of aliphatic carboxylic acids is 1. The van der Waals surface area contributed by atoms with Crippen LogP contribution in [0.1, 0.15) is 18.9 Å². The molecule has 1 aliphatic carbocycles. The molecule has 3 N–H and O–H groups in total. The third-order valence-corrected chi connectivity index (χ3v) is 3.27. The molecule has 2 atom stereocenters. The first-order valence-corrected chi connectivity index (χ1v) is 4.88. The van der Waals surface area contributed by atoms with Crippen LogP contribution in [0.15, 0.2) is 12.1 Å². The second-order valence-electron chi connectivity index (χ2n) is 4.23. The highest BCUT2D eigenvalue weighted by Gasteiger charge is 2.60. The summed E-state index contributed by atoms with van der Waals surface area (Å²) in [5.74, 6) is -2.96. The molecule has 1 saturated carbocycles. The van der Waals surface area contributed by atoms with E-state index in [9.17, 15) is 13.6 Å². The molecule has 2 unspecified atom stereocenters. The molecule has 0 heterocycles. The number of carboxylic acids is 1. The van der Waals surface area contributed by atoms with E-state index in [0.717, 1.165) is 6.07 Å². The normalized spacial score (nSPS) is 27.8. The van der Waals surface area contributed by atoms with Crippen molar-refractivity contribution in [1.29, 1.82) is 0 Å². The van der Waals surface area contributed by atoms with E-state index in [2.05, 4.69) is 0 Å². The molecule has 0 amide bonds. The summed E-state index contributed by atoms with van der Waals surface area (Å²) in [6.45, 7) is 1.72. The molecular formula is C11H11F2NO2. The Hall–Kier alpha value is -1.65. The summed E-state index contributed by atoms with van der Waals surface area (Å²) in [5, 5.41) is 9.13. The standard InChI is InChI=1S/C11H11F2NO2/c1-5-4-11(5,10(15)16)7-2-6(12)3-8(13)9(7)14/h2-3,5H,4,14H2,1H3,(H,15,16). The van der Waals surface area contributed by atoms with Crippen molar-refractivity contribution >= 4 is 11.7 Å².